The first-order valence-electron chi connectivity index (χ1n) is 5.24. The largest absolute Gasteiger partial charge is 0.345 e. The van der Waals surface area contributed by atoms with E-state index in [0.29, 0.717) is 0 Å². The molecule has 0 radical (unpaired) electrons. The Morgan fingerprint density at radius 3 is 3.14 bits per heavy atom. The number of hydrogen-bond donors (Lipinski definition) is 2. The van der Waals surface area contributed by atoms with Gasteiger partial charge < -0.3 is 10.6 Å². The van der Waals surface area contributed by atoms with E-state index in [4.69, 9.17) is 0 Å². The fraction of sp³-hybridized carbons (Fsp3) is 0.727. The van der Waals surface area contributed by atoms with Crippen molar-refractivity contribution in [1.82, 2.24) is 10.6 Å². The highest BCUT2D eigenvalue weighted by molar-refractivity contribution is 5.93. The summed E-state index contributed by atoms with van der Waals surface area (Å²) in [6.45, 7) is 4.66. The Labute approximate surface area is 85.6 Å². The second-order valence-corrected chi connectivity index (χ2v) is 3.63. The number of nitrogens with one attached hydrogen (secondary N) is 2. The summed E-state index contributed by atoms with van der Waals surface area (Å²) in [5.41, 5.74) is 0. The molecule has 0 aromatic carbocycles. The van der Waals surface area contributed by atoms with E-state index >= 15 is 0 Å². The van der Waals surface area contributed by atoms with E-state index < -0.39 is 0 Å². The van der Waals surface area contributed by atoms with Gasteiger partial charge in [-0.15, -0.1) is 0 Å². The molecule has 1 heterocycles. The van der Waals surface area contributed by atoms with E-state index in [0.717, 1.165) is 32.0 Å². The zero-order valence-corrected chi connectivity index (χ0v) is 8.73. The molecule has 1 aliphatic heterocycles. The molecule has 3 nitrogen and oxygen atoms in total. The highest BCUT2D eigenvalue weighted by Gasteiger charge is 2.12. The lowest BCUT2D eigenvalue weighted by molar-refractivity contribution is -0.115. The average molecular weight is 194 g/mol. The molecule has 0 spiro atoms. The van der Waals surface area contributed by atoms with Gasteiger partial charge in [-0.1, -0.05) is 5.92 Å². The fourth-order valence-corrected chi connectivity index (χ4v) is 1.72. The molecule has 3 heteroatoms. The highest BCUT2D eigenvalue weighted by Crippen LogP contribution is 2.12. The van der Waals surface area contributed by atoms with Gasteiger partial charge in [-0.3, -0.25) is 4.79 Å². The lowest BCUT2D eigenvalue weighted by Gasteiger charge is -2.22. The first-order chi connectivity index (χ1) is 6.83. The Morgan fingerprint density at radius 2 is 2.50 bits per heavy atom. The molecule has 1 rings (SSSR count). The van der Waals surface area contributed by atoms with E-state index in [-0.39, 0.29) is 5.91 Å². The third-order valence-corrected chi connectivity index (χ3v) is 2.48. The quantitative estimate of drug-likeness (QED) is 0.643. The molecule has 1 unspecified atom stereocenters. The Bertz CT molecular complexity index is 233. The maximum absolute atomic E-state index is 11.0. The van der Waals surface area contributed by atoms with Crippen LogP contribution in [-0.4, -0.2) is 25.5 Å². The molecule has 0 aliphatic carbocycles. The average Bonchev–Trinajstić information content (AvgIpc) is 2.20. The van der Waals surface area contributed by atoms with Gasteiger partial charge in [-0.05, 0) is 51.1 Å². The summed E-state index contributed by atoms with van der Waals surface area (Å²) >= 11 is 0. The van der Waals surface area contributed by atoms with E-state index in [1.165, 1.54) is 12.8 Å². The summed E-state index contributed by atoms with van der Waals surface area (Å²) in [7, 11) is 0. The Morgan fingerprint density at radius 1 is 1.64 bits per heavy atom. The summed E-state index contributed by atoms with van der Waals surface area (Å²) in [6.07, 6.45) is 3.60. The zero-order valence-electron chi connectivity index (χ0n) is 8.73. The molecular weight excluding hydrogens is 176 g/mol. The number of amides is 1. The van der Waals surface area contributed by atoms with Crippen LogP contribution in [0.3, 0.4) is 0 Å². The predicted octanol–water partition coefficient (Wildman–Crippen LogP) is 0.516. The summed E-state index contributed by atoms with van der Waals surface area (Å²) in [5, 5.41) is 6.15. The van der Waals surface area contributed by atoms with Crippen molar-refractivity contribution in [3.63, 3.8) is 0 Å². The van der Waals surface area contributed by atoms with Crippen molar-refractivity contribution in [2.24, 2.45) is 5.92 Å². The maximum Gasteiger partial charge on any atom is 0.295 e. The molecule has 0 aromatic heterocycles. The van der Waals surface area contributed by atoms with Crippen molar-refractivity contribution < 1.29 is 4.79 Å². The van der Waals surface area contributed by atoms with Gasteiger partial charge in [0.25, 0.3) is 5.91 Å². The van der Waals surface area contributed by atoms with Crippen molar-refractivity contribution in [3.05, 3.63) is 0 Å². The van der Waals surface area contributed by atoms with E-state index in [2.05, 4.69) is 22.5 Å². The lowest BCUT2D eigenvalue weighted by atomic mass is 9.96. The highest BCUT2D eigenvalue weighted by atomic mass is 16.1. The van der Waals surface area contributed by atoms with E-state index in [1.54, 1.807) is 6.92 Å². The lowest BCUT2D eigenvalue weighted by Crippen LogP contribution is -2.32. The molecule has 78 valence electrons. The minimum atomic E-state index is -0.156. The van der Waals surface area contributed by atoms with E-state index in [9.17, 15) is 4.79 Å². The summed E-state index contributed by atoms with van der Waals surface area (Å²) in [6, 6.07) is 0. The number of rotatable bonds is 3. The molecule has 1 fully saturated rings. The van der Waals surface area contributed by atoms with Crippen LogP contribution in [0, 0.1) is 17.8 Å². The van der Waals surface area contributed by atoms with Crippen LogP contribution in [0.5, 0.6) is 0 Å². The zero-order chi connectivity index (χ0) is 10.2. The molecule has 1 aliphatic rings. The first-order valence-corrected chi connectivity index (χ1v) is 5.24. The van der Waals surface area contributed by atoms with Crippen molar-refractivity contribution in [2.45, 2.75) is 26.2 Å². The number of hydrogen-bond acceptors (Lipinski definition) is 2. The van der Waals surface area contributed by atoms with Gasteiger partial charge in [0.1, 0.15) is 0 Å². The maximum atomic E-state index is 11.0. The predicted molar refractivity (Wildman–Crippen MR) is 56.7 cm³/mol. The second-order valence-electron chi connectivity index (χ2n) is 3.63. The smallest absolute Gasteiger partial charge is 0.295 e. The van der Waals surface area contributed by atoms with Gasteiger partial charge in [0.15, 0.2) is 0 Å². The summed E-state index contributed by atoms with van der Waals surface area (Å²) in [4.78, 5) is 11.0. The van der Waals surface area contributed by atoms with Crippen LogP contribution >= 0.6 is 0 Å². The standard InChI is InChI=1S/C11H18N2O/c1-2-4-11(14)13-8-6-10-5-3-7-12-9-10/h10,12H,3,5-9H2,1H3,(H,13,14). The number of piperidine rings is 1. The van der Waals surface area contributed by atoms with Crippen LogP contribution in [-0.2, 0) is 4.79 Å². The van der Waals surface area contributed by atoms with E-state index in [1.807, 2.05) is 0 Å². The van der Waals surface area contributed by atoms with Crippen LogP contribution in [0.15, 0.2) is 0 Å². The molecule has 0 saturated carbocycles. The van der Waals surface area contributed by atoms with Crippen LogP contribution in [0.1, 0.15) is 26.2 Å². The summed E-state index contributed by atoms with van der Waals surface area (Å²) in [5.74, 6) is 5.61. The second kappa shape index (κ2) is 6.44. The number of carbonyl (C=O) groups is 1. The van der Waals surface area contributed by atoms with Gasteiger partial charge in [0.05, 0.1) is 0 Å². The van der Waals surface area contributed by atoms with Crippen LogP contribution in [0.4, 0.5) is 0 Å². The van der Waals surface area contributed by atoms with Crippen LogP contribution < -0.4 is 10.6 Å². The molecule has 2 N–H and O–H groups in total. The van der Waals surface area contributed by atoms with Gasteiger partial charge in [0.2, 0.25) is 0 Å². The van der Waals surface area contributed by atoms with Crippen LogP contribution in [0.25, 0.3) is 0 Å². The Hall–Kier alpha value is -1.01. The van der Waals surface area contributed by atoms with Crippen LogP contribution in [0.2, 0.25) is 0 Å². The van der Waals surface area contributed by atoms with Crippen molar-refractivity contribution in [3.8, 4) is 11.8 Å². The first kappa shape index (κ1) is 11.1. The third kappa shape index (κ3) is 4.29. The third-order valence-electron chi connectivity index (χ3n) is 2.48. The van der Waals surface area contributed by atoms with Gasteiger partial charge >= 0.3 is 0 Å². The molecule has 0 aromatic rings. The molecule has 14 heavy (non-hydrogen) atoms. The molecule has 1 atom stereocenters. The van der Waals surface area contributed by atoms with Gasteiger partial charge in [0, 0.05) is 6.54 Å². The Balaban J connectivity index is 2.07. The van der Waals surface area contributed by atoms with Crippen molar-refractivity contribution in [2.75, 3.05) is 19.6 Å². The van der Waals surface area contributed by atoms with Gasteiger partial charge in [-0.2, -0.15) is 0 Å². The minimum absolute atomic E-state index is 0.156. The number of carbonyl (C=O) groups excluding carboxylic acids is 1. The topological polar surface area (TPSA) is 41.1 Å². The van der Waals surface area contributed by atoms with Crippen molar-refractivity contribution in [1.29, 1.82) is 0 Å². The molecule has 1 saturated heterocycles. The minimum Gasteiger partial charge on any atom is -0.345 e. The molecule has 0 bridgehead atoms. The normalized spacial score (nSPS) is 20.8. The molecular formula is C11H18N2O. The Kier molecular flexibility index (Phi) is 5.09. The van der Waals surface area contributed by atoms with Crippen molar-refractivity contribution >= 4 is 5.91 Å². The van der Waals surface area contributed by atoms with Gasteiger partial charge in [-0.25, -0.2) is 0 Å². The molecule has 1 amide bonds. The monoisotopic (exact) mass is 194 g/mol. The summed E-state index contributed by atoms with van der Waals surface area (Å²) < 4.78 is 0. The SMILES string of the molecule is CC#CC(=O)NCCC1CCCNC1. The fourth-order valence-electron chi connectivity index (χ4n) is 1.72.